The number of halogens is 1. The predicted molar refractivity (Wildman–Crippen MR) is 75.7 cm³/mol. The number of carbonyl (C=O) groups excluding carboxylic acids is 1. The van der Waals surface area contributed by atoms with Crippen LogP contribution in [-0.4, -0.2) is 33.6 Å². The summed E-state index contributed by atoms with van der Waals surface area (Å²) in [4.78, 5) is 24.9. The number of rotatable bonds is 3. The summed E-state index contributed by atoms with van der Waals surface area (Å²) in [6.45, 7) is 2.40. The van der Waals surface area contributed by atoms with Gasteiger partial charge in [-0.3, -0.25) is 14.9 Å². The third-order valence-corrected chi connectivity index (χ3v) is 4.22. The highest BCUT2D eigenvalue weighted by atomic mass is 79.9. The van der Waals surface area contributed by atoms with Crippen molar-refractivity contribution in [3.05, 3.63) is 39.4 Å². The molecule has 0 radical (unpaired) electrons. The Morgan fingerprint density at radius 3 is 2.95 bits per heavy atom. The topological polar surface area (TPSA) is 63.5 Å². The van der Waals surface area contributed by atoms with Crippen molar-refractivity contribution in [3.8, 4) is 0 Å². The van der Waals surface area contributed by atoms with Crippen LogP contribution in [0.2, 0.25) is 0 Å². The second-order valence-electron chi connectivity index (χ2n) is 4.68. The van der Waals surface area contributed by atoms with Gasteiger partial charge in [-0.2, -0.15) is 0 Å². The largest absolute Gasteiger partial charge is 0.335 e. The molecule has 1 atom stereocenters. The van der Waals surface area contributed by atoms with Crippen LogP contribution in [0.25, 0.3) is 0 Å². The van der Waals surface area contributed by atoms with Gasteiger partial charge in [-0.25, -0.2) is 0 Å². The molecule has 1 aromatic carbocycles. The molecule has 0 bridgehead atoms. The number of nitro groups is 1. The fourth-order valence-corrected chi connectivity index (χ4v) is 3.16. The lowest BCUT2D eigenvalue weighted by molar-refractivity contribution is -0.385. The first-order valence-corrected chi connectivity index (χ1v) is 7.29. The van der Waals surface area contributed by atoms with Gasteiger partial charge in [0.2, 0.25) is 0 Å². The smallest absolute Gasteiger partial charge is 0.282 e. The van der Waals surface area contributed by atoms with Gasteiger partial charge < -0.3 is 4.90 Å². The van der Waals surface area contributed by atoms with Crippen molar-refractivity contribution >= 4 is 27.5 Å². The average Bonchev–Trinajstić information content (AvgIpc) is 2.85. The van der Waals surface area contributed by atoms with E-state index in [0.29, 0.717) is 17.4 Å². The van der Waals surface area contributed by atoms with Crippen molar-refractivity contribution in [1.29, 1.82) is 0 Å². The Hall–Kier alpha value is -1.43. The van der Waals surface area contributed by atoms with Gasteiger partial charge in [0.05, 0.1) is 4.92 Å². The quantitative estimate of drug-likeness (QED) is 0.487. The highest BCUT2D eigenvalue weighted by Crippen LogP contribution is 2.27. The van der Waals surface area contributed by atoms with E-state index in [1.54, 1.807) is 24.0 Å². The molecule has 0 spiro atoms. The molecule has 1 amide bonds. The van der Waals surface area contributed by atoms with E-state index in [1.165, 1.54) is 6.07 Å². The maximum atomic E-state index is 12.6. The van der Waals surface area contributed by atoms with Gasteiger partial charge in [0.25, 0.3) is 11.6 Å². The van der Waals surface area contributed by atoms with E-state index in [2.05, 4.69) is 15.9 Å². The van der Waals surface area contributed by atoms with Gasteiger partial charge in [-0.15, -0.1) is 0 Å². The second-order valence-corrected chi connectivity index (χ2v) is 5.32. The minimum atomic E-state index is -0.487. The summed E-state index contributed by atoms with van der Waals surface area (Å²) >= 11 is 3.40. The Morgan fingerprint density at radius 1 is 1.58 bits per heavy atom. The van der Waals surface area contributed by atoms with Crippen LogP contribution in [0.3, 0.4) is 0 Å². The molecule has 1 aliphatic heterocycles. The van der Waals surface area contributed by atoms with E-state index < -0.39 is 4.92 Å². The third kappa shape index (κ3) is 2.63. The van der Waals surface area contributed by atoms with Crippen LogP contribution in [-0.2, 0) is 0 Å². The highest BCUT2D eigenvalue weighted by Gasteiger charge is 2.33. The number of benzene rings is 1. The molecule has 0 saturated carbocycles. The van der Waals surface area contributed by atoms with Crippen LogP contribution in [0.1, 0.15) is 28.8 Å². The predicted octanol–water partition coefficient (Wildman–Crippen LogP) is 2.90. The van der Waals surface area contributed by atoms with Crippen LogP contribution < -0.4 is 0 Å². The lowest BCUT2D eigenvalue weighted by atomic mass is 10.0. The normalized spacial score (nSPS) is 18.6. The molecule has 1 fully saturated rings. The van der Waals surface area contributed by atoms with Crippen molar-refractivity contribution in [2.75, 3.05) is 11.9 Å². The van der Waals surface area contributed by atoms with Crippen molar-refractivity contribution in [1.82, 2.24) is 4.90 Å². The second kappa shape index (κ2) is 5.69. The SMILES string of the molecule is Cc1cccc([N+](=O)[O-])c1C(=O)N1CCCC1CBr. The Kier molecular flexibility index (Phi) is 4.19. The molecule has 2 rings (SSSR count). The fourth-order valence-electron chi connectivity index (χ4n) is 2.49. The summed E-state index contributed by atoms with van der Waals surface area (Å²) in [7, 11) is 0. The summed E-state index contributed by atoms with van der Waals surface area (Å²) in [5, 5.41) is 11.8. The minimum Gasteiger partial charge on any atom is -0.335 e. The van der Waals surface area contributed by atoms with Gasteiger partial charge in [0.15, 0.2) is 0 Å². The first kappa shape index (κ1) is 14.0. The Labute approximate surface area is 119 Å². The third-order valence-electron chi connectivity index (χ3n) is 3.48. The van der Waals surface area contributed by atoms with Crippen LogP contribution >= 0.6 is 15.9 Å². The van der Waals surface area contributed by atoms with Gasteiger partial charge in [-0.1, -0.05) is 28.1 Å². The molecule has 19 heavy (non-hydrogen) atoms. The van der Waals surface area contributed by atoms with Crippen LogP contribution in [0.15, 0.2) is 18.2 Å². The molecule has 0 aliphatic carbocycles. The van der Waals surface area contributed by atoms with E-state index in [4.69, 9.17) is 0 Å². The van der Waals surface area contributed by atoms with Gasteiger partial charge in [-0.05, 0) is 25.3 Å². The summed E-state index contributed by atoms with van der Waals surface area (Å²) < 4.78 is 0. The Morgan fingerprint density at radius 2 is 2.32 bits per heavy atom. The number of hydrogen-bond donors (Lipinski definition) is 0. The first-order valence-electron chi connectivity index (χ1n) is 6.17. The molecule has 1 aromatic rings. The molecule has 0 aromatic heterocycles. The van der Waals surface area contributed by atoms with E-state index in [9.17, 15) is 14.9 Å². The Balaban J connectivity index is 2.41. The van der Waals surface area contributed by atoms with E-state index in [1.807, 2.05) is 0 Å². The Bertz CT molecular complexity index is 519. The van der Waals surface area contributed by atoms with Crippen LogP contribution in [0.5, 0.6) is 0 Å². The number of nitro benzene ring substituents is 1. The van der Waals surface area contributed by atoms with Crippen molar-refractivity contribution < 1.29 is 9.72 Å². The monoisotopic (exact) mass is 326 g/mol. The first-order chi connectivity index (χ1) is 9.06. The van der Waals surface area contributed by atoms with Crippen molar-refractivity contribution in [2.45, 2.75) is 25.8 Å². The van der Waals surface area contributed by atoms with Gasteiger partial charge >= 0.3 is 0 Å². The molecule has 102 valence electrons. The lowest BCUT2D eigenvalue weighted by Crippen LogP contribution is -2.37. The maximum absolute atomic E-state index is 12.6. The minimum absolute atomic E-state index is 0.106. The summed E-state index contributed by atoms with van der Waals surface area (Å²) in [6, 6.07) is 4.86. The van der Waals surface area contributed by atoms with Crippen molar-refractivity contribution in [2.24, 2.45) is 0 Å². The van der Waals surface area contributed by atoms with E-state index in [0.717, 1.165) is 12.8 Å². The van der Waals surface area contributed by atoms with Crippen LogP contribution in [0.4, 0.5) is 5.69 Å². The van der Waals surface area contributed by atoms with Crippen LogP contribution in [0, 0.1) is 17.0 Å². The lowest BCUT2D eigenvalue weighted by Gasteiger charge is -2.23. The number of hydrogen-bond acceptors (Lipinski definition) is 3. The molecular formula is C13H15BrN2O3. The molecule has 6 heteroatoms. The number of carbonyl (C=O) groups is 1. The van der Waals surface area contributed by atoms with E-state index >= 15 is 0 Å². The maximum Gasteiger partial charge on any atom is 0.282 e. The number of aryl methyl sites for hydroxylation is 1. The zero-order valence-electron chi connectivity index (χ0n) is 10.6. The zero-order chi connectivity index (χ0) is 14.0. The molecule has 0 N–H and O–H groups in total. The molecule has 1 aliphatic rings. The highest BCUT2D eigenvalue weighted by molar-refractivity contribution is 9.09. The number of amides is 1. The molecule has 5 nitrogen and oxygen atoms in total. The fraction of sp³-hybridized carbons (Fsp3) is 0.462. The van der Waals surface area contributed by atoms with Crippen molar-refractivity contribution in [3.63, 3.8) is 0 Å². The molecule has 1 heterocycles. The number of nitrogens with zero attached hydrogens (tertiary/aromatic N) is 2. The summed E-state index contributed by atoms with van der Waals surface area (Å²) in [6.07, 6.45) is 1.89. The number of alkyl halides is 1. The average molecular weight is 327 g/mol. The molecule has 1 unspecified atom stereocenters. The standard InChI is InChI=1S/C13H15BrN2O3/c1-9-4-2-6-11(16(18)19)12(9)13(17)15-7-3-5-10(15)8-14/h2,4,6,10H,3,5,7-8H2,1H3. The summed E-state index contributed by atoms with van der Waals surface area (Å²) in [5.74, 6) is -0.230. The van der Waals surface area contributed by atoms with Gasteiger partial charge in [0, 0.05) is 24.0 Å². The molecular weight excluding hydrogens is 312 g/mol. The zero-order valence-corrected chi connectivity index (χ0v) is 12.2. The van der Waals surface area contributed by atoms with E-state index in [-0.39, 0.29) is 23.2 Å². The molecule has 1 saturated heterocycles. The summed E-state index contributed by atoms with van der Waals surface area (Å²) in [5.41, 5.74) is 0.769. The number of likely N-dealkylation sites (tertiary alicyclic amines) is 1. The van der Waals surface area contributed by atoms with Gasteiger partial charge in [0.1, 0.15) is 5.56 Å².